The molecule has 0 aliphatic carbocycles. The van der Waals surface area contributed by atoms with E-state index in [1.165, 1.54) is 29.5 Å². The van der Waals surface area contributed by atoms with Gasteiger partial charge in [0.25, 0.3) is 0 Å². The van der Waals surface area contributed by atoms with Crippen molar-refractivity contribution in [1.29, 1.82) is 0 Å². The standard InChI is InChI=1S/C19H18F3N5O3S2/c1-10(2)30-14-5-3-11(32(23,28)29)7-13(14)25-18-26-16-15(31-18)6-4-12-17(16)27(9-24-12)8-19(20,21)22/h3-7,9-10H,8H2,1-2H3,(H,25,26)(H2,23,28,29). The van der Waals surface area contributed by atoms with Gasteiger partial charge >= 0.3 is 6.18 Å². The molecule has 8 nitrogen and oxygen atoms in total. The van der Waals surface area contributed by atoms with Gasteiger partial charge in [-0.25, -0.2) is 23.5 Å². The Morgan fingerprint density at radius 1 is 1.25 bits per heavy atom. The molecule has 0 aliphatic rings. The van der Waals surface area contributed by atoms with E-state index in [1.807, 2.05) is 13.8 Å². The summed E-state index contributed by atoms with van der Waals surface area (Å²) >= 11 is 1.20. The molecule has 3 N–H and O–H groups in total. The van der Waals surface area contributed by atoms with Gasteiger partial charge in [-0.3, -0.25) is 0 Å². The Kier molecular flexibility index (Phi) is 5.51. The summed E-state index contributed by atoms with van der Waals surface area (Å²) in [6, 6.07) is 7.48. The number of hydrogen-bond donors (Lipinski definition) is 2. The van der Waals surface area contributed by atoms with Crippen molar-refractivity contribution in [2.24, 2.45) is 5.14 Å². The fourth-order valence-corrected chi connectivity index (χ4v) is 4.59. The number of imidazole rings is 1. The molecule has 0 saturated carbocycles. The molecule has 0 radical (unpaired) electrons. The number of aromatic nitrogens is 3. The predicted octanol–water partition coefficient (Wildman–Crippen LogP) is 4.39. The van der Waals surface area contributed by atoms with Crippen molar-refractivity contribution in [3.63, 3.8) is 0 Å². The Morgan fingerprint density at radius 2 is 2.00 bits per heavy atom. The Morgan fingerprint density at radius 3 is 2.66 bits per heavy atom. The molecule has 0 fully saturated rings. The lowest BCUT2D eigenvalue weighted by molar-refractivity contribution is -0.139. The van der Waals surface area contributed by atoms with Crippen LogP contribution in [0.3, 0.4) is 0 Å². The maximum Gasteiger partial charge on any atom is 0.406 e. The van der Waals surface area contributed by atoms with E-state index in [1.54, 1.807) is 12.1 Å². The molecule has 32 heavy (non-hydrogen) atoms. The monoisotopic (exact) mass is 485 g/mol. The highest BCUT2D eigenvalue weighted by atomic mass is 32.2. The third-order valence-electron chi connectivity index (χ3n) is 4.37. The van der Waals surface area contributed by atoms with Gasteiger partial charge in [-0.2, -0.15) is 13.2 Å². The first-order valence-electron chi connectivity index (χ1n) is 9.32. The van der Waals surface area contributed by atoms with Gasteiger partial charge in [-0.15, -0.1) is 0 Å². The molecule has 0 aliphatic heterocycles. The van der Waals surface area contributed by atoms with Gasteiger partial charge in [-0.05, 0) is 44.2 Å². The number of nitrogens with zero attached hydrogens (tertiary/aromatic N) is 3. The van der Waals surface area contributed by atoms with Crippen LogP contribution in [0.25, 0.3) is 21.3 Å². The van der Waals surface area contributed by atoms with Crippen molar-refractivity contribution in [2.75, 3.05) is 5.32 Å². The first kappa shape index (κ1) is 22.3. The van der Waals surface area contributed by atoms with Crippen LogP contribution < -0.4 is 15.2 Å². The van der Waals surface area contributed by atoms with E-state index in [-0.39, 0.29) is 16.5 Å². The molecule has 2 heterocycles. The summed E-state index contributed by atoms with van der Waals surface area (Å²) in [6.45, 7) is 2.44. The zero-order valence-electron chi connectivity index (χ0n) is 16.8. The van der Waals surface area contributed by atoms with E-state index >= 15 is 0 Å². The van der Waals surface area contributed by atoms with Crippen molar-refractivity contribution >= 4 is 53.4 Å². The lowest BCUT2D eigenvalue weighted by atomic mass is 10.3. The smallest absolute Gasteiger partial charge is 0.406 e. The van der Waals surface area contributed by atoms with Crippen LogP contribution in [0.1, 0.15) is 13.8 Å². The summed E-state index contributed by atoms with van der Waals surface area (Å²) in [7, 11) is -3.96. The second-order valence-corrected chi connectivity index (χ2v) is 9.87. The van der Waals surface area contributed by atoms with Crippen LogP contribution in [0.15, 0.2) is 41.6 Å². The first-order valence-corrected chi connectivity index (χ1v) is 11.7. The molecule has 2 aromatic carbocycles. The summed E-state index contributed by atoms with van der Waals surface area (Å²) in [5.74, 6) is 0.374. The summed E-state index contributed by atoms with van der Waals surface area (Å²) < 4.78 is 69.8. The number of anilines is 2. The Labute approximate surface area is 184 Å². The number of fused-ring (bicyclic) bond motifs is 3. The first-order chi connectivity index (χ1) is 14.9. The second kappa shape index (κ2) is 7.90. The van der Waals surface area contributed by atoms with Crippen molar-refractivity contribution in [3.05, 3.63) is 36.7 Å². The quantitative estimate of drug-likeness (QED) is 0.419. The average Bonchev–Trinajstić information content (AvgIpc) is 3.23. The van der Waals surface area contributed by atoms with E-state index in [0.29, 0.717) is 32.3 Å². The Bertz CT molecular complexity index is 1410. The van der Waals surface area contributed by atoms with E-state index in [4.69, 9.17) is 9.88 Å². The van der Waals surface area contributed by atoms with Crippen molar-refractivity contribution in [3.8, 4) is 5.75 Å². The van der Waals surface area contributed by atoms with E-state index in [9.17, 15) is 21.6 Å². The molecule has 0 bridgehead atoms. The molecule has 0 amide bonds. The largest absolute Gasteiger partial charge is 0.489 e. The number of nitrogens with one attached hydrogen (secondary N) is 1. The van der Waals surface area contributed by atoms with Gasteiger partial charge in [0.05, 0.1) is 38.7 Å². The van der Waals surface area contributed by atoms with Gasteiger partial charge in [-0.1, -0.05) is 11.3 Å². The predicted molar refractivity (Wildman–Crippen MR) is 116 cm³/mol. The van der Waals surface area contributed by atoms with Gasteiger partial charge in [0.15, 0.2) is 5.13 Å². The maximum absolute atomic E-state index is 13.0. The lowest BCUT2D eigenvalue weighted by Gasteiger charge is -2.15. The zero-order chi connectivity index (χ0) is 23.3. The Balaban J connectivity index is 1.79. The number of alkyl halides is 3. The SMILES string of the molecule is CC(C)Oc1ccc(S(N)(=O)=O)cc1Nc1nc2c(ccc3ncn(CC(F)(F)F)c32)s1. The van der Waals surface area contributed by atoms with Crippen molar-refractivity contribution in [1.82, 2.24) is 14.5 Å². The molecule has 4 aromatic rings. The van der Waals surface area contributed by atoms with E-state index in [2.05, 4.69) is 15.3 Å². The average molecular weight is 486 g/mol. The number of benzene rings is 2. The van der Waals surface area contributed by atoms with E-state index < -0.39 is 22.7 Å². The minimum atomic E-state index is -4.41. The summed E-state index contributed by atoms with van der Waals surface area (Å²) in [6.07, 6.45) is -3.47. The van der Waals surface area contributed by atoms with Gasteiger partial charge in [0.1, 0.15) is 17.8 Å². The molecule has 4 rings (SSSR count). The molecule has 13 heteroatoms. The summed E-state index contributed by atoms with van der Waals surface area (Å²) in [5.41, 5.74) is 1.31. The minimum Gasteiger partial charge on any atom is -0.489 e. The lowest BCUT2D eigenvalue weighted by Crippen LogP contribution is -2.16. The number of ether oxygens (including phenoxy) is 1. The maximum atomic E-state index is 13.0. The van der Waals surface area contributed by atoms with Crippen LogP contribution in [0.2, 0.25) is 0 Å². The third kappa shape index (κ3) is 4.64. The van der Waals surface area contributed by atoms with Crippen LogP contribution >= 0.6 is 11.3 Å². The molecule has 0 spiro atoms. The van der Waals surface area contributed by atoms with Crippen LogP contribution in [0, 0.1) is 0 Å². The second-order valence-electron chi connectivity index (χ2n) is 7.28. The fourth-order valence-electron chi connectivity index (χ4n) is 3.17. The number of rotatable bonds is 6. The molecule has 0 unspecified atom stereocenters. The number of sulfonamides is 1. The number of thiazole rings is 1. The van der Waals surface area contributed by atoms with Crippen molar-refractivity contribution < 1.29 is 26.3 Å². The van der Waals surface area contributed by atoms with E-state index in [0.717, 1.165) is 10.9 Å². The summed E-state index contributed by atoms with van der Waals surface area (Å²) in [5, 5.41) is 8.59. The van der Waals surface area contributed by atoms with Crippen LogP contribution in [-0.2, 0) is 16.6 Å². The van der Waals surface area contributed by atoms with Gasteiger partial charge in [0.2, 0.25) is 10.0 Å². The van der Waals surface area contributed by atoms with Crippen LogP contribution in [-0.4, -0.2) is 35.2 Å². The normalized spacial score (nSPS) is 12.7. The molecule has 0 atom stereocenters. The molecular formula is C19H18F3N5O3S2. The summed E-state index contributed by atoms with van der Waals surface area (Å²) in [4.78, 5) is 8.37. The molecule has 0 saturated heterocycles. The Hall–Kier alpha value is -2.90. The van der Waals surface area contributed by atoms with Crippen LogP contribution in [0.5, 0.6) is 5.75 Å². The van der Waals surface area contributed by atoms with Gasteiger partial charge in [0, 0.05) is 0 Å². The third-order valence-corrected chi connectivity index (χ3v) is 6.22. The number of halogens is 3. The number of primary sulfonamides is 1. The van der Waals surface area contributed by atoms with Gasteiger partial charge < -0.3 is 14.6 Å². The molecule has 170 valence electrons. The zero-order valence-corrected chi connectivity index (χ0v) is 18.5. The highest BCUT2D eigenvalue weighted by Gasteiger charge is 2.29. The molecule has 2 aromatic heterocycles. The number of hydrogen-bond acceptors (Lipinski definition) is 7. The highest BCUT2D eigenvalue weighted by Crippen LogP contribution is 2.36. The number of nitrogens with two attached hydrogens (primary N) is 1. The van der Waals surface area contributed by atoms with Crippen molar-refractivity contribution in [2.45, 2.75) is 37.6 Å². The van der Waals surface area contributed by atoms with Crippen LogP contribution in [0.4, 0.5) is 24.0 Å². The fraction of sp³-hybridized carbons (Fsp3) is 0.263. The molecular weight excluding hydrogens is 467 g/mol. The highest BCUT2D eigenvalue weighted by molar-refractivity contribution is 7.89. The minimum absolute atomic E-state index is 0.122. The topological polar surface area (TPSA) is 112 Å².